The van der Waals surface area contributed by atoms with E-state index in [0.29, 0.717) is 16.8 Å². The number of nitrogens with zero attached hydrogens (tertiary/aromatic N) is 2. The second-order valence-corrected chi connectivity index (χ2v) is 9.67. The Kier molecular flexibility index (Phi) is 5.73. The molecule has 5 nitrogen and oxygen atoms in total. The largest absolute Gasteiger partial charge is 0.507 e. The van der Waals surface area contributed by atoms with E-state index in [9.17, 15) is 14.7 Å². The fourth-order valence-electron chi connectivity index (χ4n) is 3.85. The maximum atomic E-state index is 13.2. The van der Waals surface area contributed by atoms with Crippen LogP contribution in [0, 0.1) is 0 Å². The van der Waals surface area contributed by atoms with Gasteiger partial charge in [0.1, 0.15) is 5.76 Å². The molecule has 2 heterocycles. The van der Waals surface area contributed by atoms with Crippen LogP contribution in [-0.2, 0) is 15.0 Å². The van der Waals surface area contributed by atoms with Crippen LogP contribution in [0.25, 0.3) is 5.76 Å². The lowest BCUT2D eigenvalue weighted by atomic mass is 9.87. The first-order chi connectivity index (χ1) is 15.2. The summed E-state index contributed by atoms with van der Waals surface area (Å²) in [6, 6.07) is 17.3. The van der Waals surface area contributed by atoms with Crippen LogP contribution in [0.3, 0.4) is 0 Å². The van der Waals surface area contributed by atoms with Gasteiger partial charge in [0, 0.05) is 28.1 Å². The Morgan fingerprint density at radius 2 is 1.53 bits per heavy atom. The fraction of sp³-hybridized carbons (Fsp3) is 0.192. The lowest BCUT2D eigenvalue weighted by Crippen LogP contribution is -2.29. The summed E-state index contributed by atoms with van der Waals surface area (Å²) in [7, 11) is 0. The Morgan fingerprint density at radius 3 is 2.09 bits per heavy atom. The summed E-state index contributed by atoms with van der Waals surface area (Å²) in [4.78, 5) is 31.8. The molecule has 1 unspecified atom stereocenters. The van der Waals surface area contributed by atoms with Gasteiger partial charge < -0.3 is 5.11 Å². The molecule has 2 aromatic carbocycles. The van der Waals surface area contributed by atoms with Crippen LogP contribution < -0.4 is 4.90 Å². The van der Waals surface area contributed by atoms with Crippen LogP contribution in [0.4, 0.5) is 5.69 Å². The molecule has 1 aliphatic rings. The van der Waals surface area contributed by atoms with Crippen molar-refractivity contribution in [2.45, 2.75) is 32.2 Å². The van der Waals surface area contributed by atoms with Gasteiger partial charge in [-0.25, -0.2) is 0 Å². The van der Waals surface area contributed by atoms with E-state index in [4.69, 9.17) is 0 Å². The Morgan fingerprint density at radius 1 is 0.938 bits per heavy atom. The van der Waals surface area contributed by atoms with Crippen molar-refractivity contribution in [2.75, 3.05) is 4.90 Å². The Hall–Kier alpha value is -3.25. The molecule has 1 N–H and O–H groups in total. The minimum Gasteiger partial charge on any atom is -0.507 e. The average Bonchev–Trinajstić information content (AvgIpc) is 3.04. The highest BCUT2D eigenvalue weighted by Gasteiger charge is 2.47. The number of aliphatic hydroxyl groups is 1. The number of pyridine rings is 1. The third-order valence-electron chi connectivity index (χ3n) is 5.60. The molecule has 1 fully saturated rings. The summed E-state index contributed by atoms with van der Waals surface area (Å²) in [5.41, 5.74) is 2.89. The number of carbonyl (C=O) groups is 2. The second-order valence-electron chi connectivity index (χ2n) is 8.75. The zero-order chi connectivity index (χ0) is 23.0. The fourth-order valence-corrected chi connectivity index (χ4v) is 4.11. The van der Waals surface area contributed by atoms with E-state index in [1.807, 2.05) is 24.3 Å². The standard InChI is InChI=1S/C26H23BrN2O3/c1-26(2,3)18-6-10-20(11-7-18)29-22(16-12-14-28-15-13-16)21(24(31)25(29)32)23(30)17-4-8-19(27)9-5-17/h4-15,22,30H,1-3H3/b23-21+. The molecule has 0 aliphatic carbocycles. The quantitative estimate of drug-likeness (QED) is 0.287. The molecule has 1 aliphatic heterocycles. The topological polar surface area (TPSA) is 70.5 Å². The predicted molar refractivity (Wildman–Crippen MR) is 128 cm³/mol. The van der Waals surface area contributed by atoms with Gasteiger partial charge in [-0.05, 0) is 52.9 Å². The molecule has 0 saturated carbocycles. The van der Waals surface area contributed by atoms with E-state index in [-0.39, 0.29) is 16.7 Å². The molecule has 4 rings (SSSR count). The van der Waals surface area contributed by atoms with E-state index in [0.717, 1.165) is 10.0 Å². The summed E-state index contributed by atoms with van der Waals surface area (Å²) in [5, 5.41) is 11.1. The van der Waals surface area contributed by atoms with Crippen LogP contribution in [0.2, 0.25) is 0 Å². The molecule has 6 heteroatoms. The molecule has 0 radical (unpaired) electrons. The van der Waals surface area contributed by atoms with Gasteiger partial charge in [-0.1, -0.05) is 61.0 Å². The first-order valence-corrected chi connectivity index (χ1v) is 11.0. The van der Waals surface area contributed by atoms with Crippen molar-refractivity contribution in [2.24, 2.45) is 0 Å². The molecule has 1 aromatic heterocycles. The first kappa shape index (κ1) is 22.0. The molecule has 162 valence electrons. The van der Waals surface area contributed by atoms with E-state index in [1.165, 1.54) is 4.90 Å². The predicted octanol–water partition coefficient (Wildman–Crippen LogP) is 5.77. The van der Waals surface area contributed by atoms with Crippen molar-refractivity contribution in [3.05, 3.63) is 99.8 Å². The molecule has 32 heavy (non-hydrogen) atoms. The van der Waals surface area contributed by atoms with Crippen LogP contribution in [0.5, 0.6) is 0 Å². The van der Waals surface area contributed by atoms with Crippen molar-refractivity contribution in [3.8, 4) is 0 Å². The SMILES string of the molecule is CC(C)(C)c1ccc(N2C(=O)C(=O)/C(=C(/O)c3ccc(Br)cc3)C2c2ccncc2)cc1. The molecule has 1 atom stereocenters. The number of carbonyl (C=O) groups excluding carboxylic acids is 2. The van der Waals surface area contributed by atoms with Crippen LogP contribution in [-0.4, -0.2) is 21.8 Å². The summed E-state index contributed by atoms with van der Waals surface area (Å²) in [5.74, 6) is -1.59. The van der Waals surface area contributed by atoms with Crippen LogP contribution >= 0.6 is 15.9 Å². The Bertz CT molecular complexity index is 1190. The van der Waals surface area contributed by atoms with Gasteiger partial charge >= 0.3 is 0 Å². The van der Waals surface area contributed by atoms with Crippen molar-refractivity contribution in [1.82, 2.24) is 4.98 Å². The number of aromatic nitrogens is 1. The van der Waals surface area contributed by atoms with Crippen molar-refractivity contribution >= 4 is 39.1 Å². The number of ketones is 1. The maximum absolute atomic E-state index is 13.2. The number of anilines is 1. The Labute approximate surface area is 195 Å². The highest BCUT2D eigenvalue weighted by atomic mass is 79.9. The number of aliphatic hydroxyl groups excluding tert-OH is 1. The van der Waals surface area contributed by atoms with Gasteiger partial charge in [-0.2, -0.15) is 0 Å². The number of halogens is 1. The maximum Gasteiger partial charge on any atom is 0.300 e. The Balaban J connectivity index is 1.88. The number of hydrogen-bond acceptors (Lipinski definition) is 4. The number of amides is 1. The lowest BCUT2D eigenvalue weighted by molar-refractivity contribution is -0.132. The smallest absolute Gasteiger partial charge is 0.300 e. The zero-order valence-electron chi connectivity index (χ0n) is 18.0. The van der Waals surface area contributed by atoms with E-state index < -0.39 is 17.7 Å². The van der Waals surface area contributed by atoms with Gasteiger partial charge in [0.25, 0.3) is 11.7 Å². The van der Waals surface area contributed by atoms with Crippen LogP contribution in [0.15, 0.2) is 83.1 Å². The summed E-state index contributed by atoms with van der Waals surface area (Å²) in [6.45, 7) is 6.34. The van der Waals surface area contributed by atoms with Crippen molar-refractivity contribution in [3.63, 3.8) is 0 Å². The zero-order valence-corrected chi connectivity index (χ0v) is 19.6. The van der Waals surface area contributed by atoms with Crippen molar-refractivity contribution < 1.29 is 14.7 Å². The van der Waals surface area contributed by atoms with Gasteiger partial charge in [0.05, 0.1) is 11.6 Å². The summed E-state index contributed by atoms with van der Waals surface area (Å²) < 4.78 is 0.846. The average molecular weight is 491 g/mol. The molecule has 1 saturated heterocycles. The van der Waals surface area contributed by atoms with Gasteiger partial charge in [0.2, 0.25) is 0 Å². The van der Waals surface area contributed by atoms with Gasteiger partial charge in [-0.15, -0.1) is 0 Å². The molecule has 1 amide bonds. The number of benzene rings is 2. The van der Waals surface area contributed by atoms with Gasteiger partial charge in [0.15, 0.2) is 0 Å². The number of Topliss-reactive ketones (excluding diaryl/α,β-unsaturated/α-hetero) is 1. The second kappa shape index (κ2) is 8.36. The number of rotatable bonds is 3. The third-order valence-corrected chi connectivity index (χ3v) is 6.12. The highest BCUT2D eigenvalue weighted by molar-refractivity contribution is 9.10. The minimum atomic E-state index is -0.762. The highest BCUT2D eigenvalue weighted by Crippen LogP contribution is 2.42. The molecular formula is C26H23BrN2O3. The number of hydrogen-bond donors (Lipinski definition) is 1. The van der Waals surface area contributed by atoms with E-state index in [1.54, 1.807) is 48.8 Å². The summed E-state index contributed by atoms with van der Waals surface area (Å²) in [6.07, 6.45) is 3.22. The van der Waals surface area contributed by atoms with E-state index >= 15 is 0 Å². The van der Waals surface area contributed by atoms with Gasteiger partial charge in [-0.3, -0.25) is 19.5 Å². The van der Waals surface area contributed by atoms with E-state index in [2.05, 4.69) is 41.7 Å². The first-order valence-electron chi connectivity index (χ1n) is 10.3. The van der Waals surface area contributed by atoms with Crippen LogP contribution in [0.1, 0.15) is 43.5 Å². The molecular weight excluding hydrogens is 468 g/mol. The summed E-state index contributed by atoms with van der Waals surface area (Å²) >= 11 is 3.37. The molecule has 3 aromatic rings. The molecule has 0 bridgehead atoms. The minimum absolute atomic E-state index is 0.0429. The lowest BCUT2D eigenvalue weighted by Gasteiger charge is -2.26. The van der Waals surface area contributed by atoms with Crippen molar-refractivity contribution in [1.29, 1.82) is 0 Å². The molecule has 0 spiro atoms. The monoisotopic (exact) mass is 490 g/mol. The third kappa shape index (κ3) is 3.98. The normalized spacial score (nSPS) is 18.2.